The van der Waals surface area contributed by atoms with E-state index in [2.05, 4.69) is 10.2 Å². The summed E-state index contributed by atoms with van der Waals surface area (Å²) in [5.74, 6) is -1.70. The number of benzene rings is 2. The van der Waals surface area contributed by atoms with Gasteiger partial charge in [0.25, 0.3) is 11.5 Å². The highest BCUT2D eigenvalue weighted by molar-refractivity contribution is 6.03. The number of nitrogens with one attached hydrogen (secondary N) is 3. The zero-order valence-corrected chi connectivity index (χ0v) is 17.0. The van der Waals surface area contributed by atoms with Gasteiger partial charge >= 0.3 is 0 Å². The molecule has 0 radical (unpaired) electrons. The molecule has 0 saturated carbocycles. The van der Waals surface area contributed by atoms with Gasteiger partial charge in [0, 0.05) is 24.9 Å². The Labute approximate surface area is 181 Å². The molecule has 8 nitrogen and oxygen atoms in total. The molecule has 1 amide bonds. The summed E-state index contributed by atoms with van der Waals surface area (Å²) in [6, 6.07) is 11.2. The van der Waals surface area contributed by atoms with E-state index in [0.717, 1.165) is 0 Å². The van der Waals surface area contributed by atoms with Gasteiger partial charge < -0.3 is 9.80 Å². The van der Waals surface area contributed by atoms with Gasteiger partial charge in [-0.05, 0) is 23.8 Å². The molecule has 1 aromatic heterocycles. The van der Waals surface area contributed by atoms with E-state index in [4.69, 9.17) is 10.8 Å². The van der Waals surface area contributed by atoms with Crippen molar-refractivity contribution in [3.05, 3.63) is 75.5 Å². The molecule has 0 bridgehead atoms. The van der Waals surface area contributed by atoms with Crippen LogP contribution in [0.3, 0.4) is 0 Å². The van der Waals surface area contributed by atoms with Gasteiger partial charge in [-0.1, -0.05) is 24.3 Å². The third-order valence-corrected chi connectivity index (χ3v) is 5.41. The van der Waals surface area contributed by atoms with Gasteiger partial charge in [-0.3, -0.25) is 20.4 Å². The van der Waals surface area contributed by atoms with Crippen molar-refractivity contribution in [2.75, 3.05) is 26.3 Å². The van der Waals surface area contributed by atoms with Crippen molar-refractivity contribution in [3.63, 3.8) is 0 Å². The Balaban J connectivity index is 1.58. The highest BCUT2D eigenvalue weighted by atomic mass is 19.1. The average Bonchev–Trinajstić information content (AvgIpc) is 2.81. The Morgan fingerprint density at radius 2 is 1.91 bits per heavy atom. The fourth-order valence-corrected chi connectivity index (χ4v) is 3.76. The number of piperazine rings is 1. The largest absolute Gasteiger partial charge is 0.329 e. The fourth-order valence-electron chi connectivity index (χ4n) is 3.76. The first-order chi connectivity index (χ1) is 15.4. The maximum Gasteiger partial charge on any atom is 0.272 e. The highest BCUT2D eigenvalue weighted by Crippen LogP contribution is 2.20. The molecule has 3 N–H and O–H groups in total. The number of rotatable bonds is 4. The summed E-state index contributed by atoms with van der Waals surface area (Å²) in [6.07, 6.45) is 0.273. The zero-order valence-electron chi connectivity index (χ0n) is 17.0. The molecule has 0 atom stereocenters. The van der Waals surface area contributed by atoms with E-state index in [1.54, 1.807) is 30.3 Å². The summed E-state index contributed by atoms with van der Waals surface area (Å²) >= 11 is 0. The van der Waals surface area contributed by atoms with Gasteiger partial charge in [0.2, 0.25) is 0 Å². The number of H-pyrrole nitrogens is 1. The topological polar surface area (TPSA) is 117 Å². The van der Waals surface area contributed by atoms with Crippen LogP contribution in [0.15, 0.2) is 47.3 Å². The average molecular weight is 438 g/mol. The van der Waals surface area contributed by atoms with Crippen molar-refractivity contribution in [2.45, 2.75) is 6.42 Å². The second kappa shape index (κ2) is 8.66. The third kappa shape index (κ3) is 3.98. The number of fused-ring (bicyclic) bond motifs is 1. The normalized spacial score (nSPS) is 14.1. The van der Waals surface area contributed by atoms with E-state index in [-0.39, 0.29) is 48.8 Å². The van der Waals surface area contributed by atoms with E-state index in [9.17, 15) is 18.4 Å². The molecular formula is C22H20F2N6O2. The van der Waals surface area contributed by atoms with E-state index in [0.29, 0.717) is 22.0 Å². The first kappa shape index (κ1) is 21.3. The number of aromatic amines is 1. The Kier molecular flexibility index (Phi) is 5.76. The Morgan fingerprint density at radius 1 is 1.16 bits per heavy atom. The molecule has 0 unspecified atom stereocenters. The number of alkyl halides is 1. The van der Waals surface area contributed by atoms with Gasteiger partial charge in [0.05, 0.1) is 23.2 Å². The minimum Gasteiger partial charge on any atom is -0.329 e. The quantitative estimate of drug-likeness (QED) is 0.428. The number of carbonyl (C=O) groups excluding carboxylic acids is 1. The summed E-state index contributed by atoms with van der Waals surface area (Å²) < 4.78 is 27.3. The summed E-state index contributed by atoms with van der Waals surface area (Å²) in [4.78, 5) is 27.4. The van der Waals surface area contributed by atoms with Crippen LogP contribution in [0.1, 0.15) is 21.6 Å². The number of carbonyl (C=O) groups is 1. The molecule has 4 rings (SSSR count). The first-order valence-electron chi connectivity index (χ1n) is 9.91. The Hall–Kier alpha value is -3.95. The van der Waals surface area contributed by atoms with Crippen LogP contribution < -0.4 is 5.56 Å². The van der Waals surface area contributed by atoms with Crippen molar-refractivity contribution in [1.29, 1.82) is 10.8 Å². The minimum atomic E-state index is -1.000. The van der Waals surface area contributed by atoms with Gasteiger partial charge in [-0.25, -0.2) is 13.9 Å². The lowest BCUT2D eigenvalue weighted by Crippen LogP contribution is -2.54. The summed E-state index contributed by atoms with van der Waals surface area (Å²) in [6.45, 7) is -0.904. The molecule has 10 heteroatoms. The monoisotopic (exact) mass is 438 g/mol. The smallest absolute Gasteiger partial charge is 0.272 e. The van der Waals surface area contributed by atoms with Crippen molar-refractivity contribution >= 4 is 28.4 Å². The first-order valence-corrected chi connectivity index (χ1v) is 9.91. The van der Waals surface area contributed by atoms with Crippen LogP contribution in [0.25, 0.3) is 10.8 Å². The Bertz CT molecular complexity index is 1290. The molecule has 2 aromatic carbocycles. The summed E-state index contributed by atoms with van der Waals surface area (Å²) in [7, 11) is 0. The molecular weight excluding hydrogens is 418 g/mol. The Morgan fingerprint density at radius 3 is 2.62 bits per heavy atom. The molecule has 3 aromatic rings. The van der Waals surface area contributed by atoms with Crippen molar-refractivity contribution in [3.8, 4) is 0 Å². The molecule has 1 fully saturated rings. The van der Waals surface area contributed by atoms with E-state index in [1.165, 1.54) is 21.9 Å². The van der Waals surface area contributed by atoms with Gasteiger partial charge in [0.1, 0.15) is 24.2 Å². The van der Waals surface area contributed by atoms with Crippen molar-refractivity contribution in [1.82, 2.24) is 20.0 Å². The fraction of sp³-hybridized carbons (Fsp3) is 0.227. The lowest BCUT2D eigenvalue weighted by atomic mass is 10.0. The number of nitrogens with zero attached hydrogens (tertiary/aromatic N) is 3. The molecule has 164 valence electrons. The summed E-state index contributed by atoms with van der Waals surface area (Å²) in [5, 5.41) is 23.3. The number of amidine groups is 2. The number of halogens is 2. The number of hydrogen-bond donors (Lipinski definition) is 3. The lowest BCUT2D eigenvalue weighted by molar-refractivity contribution is 0.0752. The van der Waals surface area contributed by atoms with Gasteiger partial charge in [-0.2, -0.15) is 5.10 Å². The number of hydrogen-bond acceptors (Lipinski definition) is 5. The predicted octanol–water partition coefficient (Wildman–Crippen LogP) is 2.33. The van der Waals surface area contributed by atoms with Crippen molar-refractivity contribution in [2.24, 2.45) is 0 Å². The zero-order chi connectivity index (χ0) is 22.8. The van der Waals surface area contributed by atoms with Crippen LogP contribution in [0.5, 0.6) is 0 Å². The molecule has 0 spiro atoms. The number of aromatic nitrogens is 2. The second-order valence-electron chi connectivity index (χ2n) is 7.44. The van der Waals surface area contributed by atoms with Crippen LogP contribution in [0.4, 0.5) is 8.78 Å². The van der Waals surface area contributed by atoms with E-state index >= 15 is 0 Å². The van der Waals surface area contributed by atoms with Crippen LogP contribution in [-0.2, 0) is 6.42 Å². The van der Waals surface area contributed by atoms with E-state index < -0.39 is 18.4 Å². The maximum absolute atomic E-state index is 14.5. The standard InChI is InChI=1S/C22H20F2N6O2/c23-11-19(25)30-8-7-29(12-20(30)26)22(32)16-9-13(5-6-17(16)24)10-18-14-3-1-2-4-15(14)21(31)28-27-18/h1-6,9,25-26H,7-8,10-12H2,(H,28,31). The van der Waals surface area contributed by atoms with Crippen LogP contribution in [0, 0.1) is 16.6 Å². The summed E-state index contributed by atoms with van der Waals surface area (Å²) in [5.41, 5.74) is 0.775. The second-order valence-corrected chi connectivity index (χ2v) is 7.44. The van der Waals surface area contributed by atoms with Crippen LogP contribution in [0.2, 0.25) is 0 Å². The van der Waals surface area contributed by atoms with Crippen LogP contribution >= 0.6 is 0 Å². The molecule has 1 aliphatic rings. The van der Waals surface area contributed by atoms with Gasteiger partial charge in [-0.15, -0.1) is 0 Å². The molecule has 1 saturated heterocycles. The molecule has 2 heterocycles. The number of amides is 1. The molecule has 1 aliphatic heterocycles. The van der Waals surface area contributed by atoms with Crippen LogP contribution in [-0.4, -0.2) is 63.9 Å². The highest BCUT2D eigenvalue weighted by Gasteiger charge is 2.29. The molecule has 32 heavy (non-hydrogen) atoms. The minimum absolute atomic E-state index is 0.0901. The third-order valence-electron chi connectivity index (χ3n) is 5.41. The SMILES string of the molecule is N=C(CF)N1CCN(C(=O)c2cc(Cc3n[nH]c(=O)c4ccccc34)ccc2F)CC1=N. The predicted molar refractivity (Wildman–Crippen MR) is 116 cm³/mol. The lowest BCUT2D eigenvalue weighted by Gasteiger charge is -2.35. The van der Waals surface area contributed by atoms with E-state index in [1.807, 2.05) is 0 Å². The molecule has 0 aliphatic carbocycles. The van der Waals surface area contributed by atoms with Gasteiger partial charge in [0.15, 0.2) is 0 Å². The van der Waals surface area contributed by atoms with Crippen molar-refractivity contribution < 1.29 is 13.6 Å². The maximum atomic E-state index is 14.5.